The summed E-state index contributed by atoms with van der Waals surface area (Å²) in [6.45, 7) is 10.7. The molecule has 0 N–H and O–H groups in total. The van der Waals surface area contributed by atoms with Crippen molar-refractivity contribution in [2.45, 2.75) is 47.6 Å². The first kappa shape index (κ1) is 21.2. The fourth-order valence-electron chi connectivity index (χ4n) is 0.721. The van der Waals surface area contributed by atoms with Gasteiger partial charge in [0.15, 0.2) is 0 Å². The van der Waals surface area contributed by atoms with Crippen LogP contribution >= 0.6 is 0 Å². The highest BCUT2D eigenvalue weighted by molar-refractivity contribution is 4.40. The lowest BCUT2D eigenvalue weighted by atomic mass is 10.1. The minimum absolute atomic E-state index is 0. The highest BCUT2D eigenvalue weighted by Gasteiger charge is 1.89. The second kappa shape index (κ2) is 17.3. The van der Waals surface area contributed by atoms with Crippen molar-refractivity contribution in [1.29, 1.82) is 0 Å². The van der Waals surface area contributed by atoms with Gasteiger partial charge < -0.3 is 14.2 Å². The second-order valence-corrected chi connectivity index (χ2v) is 4.09. The van der Waals surface area contributed by atoms with Crippen LogP contribution in [0, 0.1) is 5.92 Å². The number of ether oxygens (including phenoxy) is 3. The van der Waals surface area contributed by atoms with Crippen LogP contribution < -0.4 is 0 Å². The molecule has 0 aliphatic heterocycles. The summed E-state index contributed by atoms with van der Waals surface area (Å²) in [5, 5.41) is 0. The zero-order valence-corrected chi connectivity index (χ0v) is 11.2. The first-order valence-electron chi connectivity index (χ1n) is 5.64. The van der Waals surface area contributed by atoms with Crippen LogP contribution in [0.25, 0.3) is 0 Å². The number of methoxy groups -OCH3 is 2. The third-order valence-corrected chi connectivity index (χ3v) is 1.64. The number of hydrogen-bond acceptors (Lipinski definition) is 3. The van der Waals surface area contributed by atoms with Crippen LogP contribution in [0.3, 0.4) is 0 Å². The van der Waals surface area contributed by atoms with E-state index in [2.05, 4.69) is 13.8 Å². The molecule has 0 unspecified atom stereocenters. The van der Waals surface area contributed by atoms with E-state index in [1.165, 1.54) is 6.42 Å². The molecule has 0 aromatic heterocycles. The Morgan fingerprint density at radius 2 is 1.31 bits per heavy atom. The monoisotopic (exact) mass is 236 g/mol. The largest absolute Gasteiger partial charge is 0.385 e. The molecule has 3 nitrogen and oxygen atoms in total. The third kappa shape index (κ3) is 29.2. The van der Waals surface area contributed by atoms with E-state index in [-0.39, 0.29) is 7.43 Å². The average molecular weight is 236 g/mol. The Hall–Kier alpha value is -0.120. The Kier molecular flexibility index (Phi) is 22.9. The summed E-state index contributed by atoms with van der Waals surface area (Å²) < 4.78 is 14.8. The van der Waals surface area contributed by atoms with Gasteiger partial charge in [0.1, 0.15) is 0 Å². The molecule has 102 valence electrons. The molecule has 0 aliphatic carbocycles. The van der Waals surface area contributed by atoms with Gasteiger partial charge in [-0.2, -0.15) is 0 Å². The molecular formula is C13H32O3. The van der Waals surface area contributed by atoms with Crippen molar-refractivity contribution in [3.05, 3.63) is 0 Å². The van der Waals surface area contributed by atoms with Gasteiger partial charge in [-0.3, -0.25) is 0 Å². The van der Waals surface area contributed by atoms with Crippen molar-refractivity contribution < 1.29 is 14.2 Å². The van der Waals surface area contributed by atoms with E-state index in [4.69, 9.17) is 14.2 Å². The zero-order chi connectivity index (χ0) is 12.1. The third-order valence-electron chi connectivity index (χ3n) is 1.64. The lowest BCUT2D eigenvalue weighted by Crippen LogP contribution is -2.07. The van der Waals surface area contributed by atoms with Crippen LogP contribution in [0.5, 0.6) is 0 Å². The van der Waals surface area contributed by atoms with E-state index in [0.29, 0.717) is 19.3 Å². The first-order valence-corrected chi connectivity index (χ1v) is 5.64. The summed E-state index contributed by atoms with van der Waals surface area (Å²) in [5.74, 6) is 0.778. The molecule has 0 radical (unpaired) electrons. The van der Waals surface area contributed by atoms with E-state index in [1.54, 1.807) is 14.2 Å². The molecule has 16 heavy (non-hydrogen) atoms. The maximum Gasteiger partial charge on any atom is 0.0703 e. The summed E-state index contributed by atoms with van der Waals surface area (Å²) >= 11 is 0. The van der Waals surface area contributed by atoms with Gasteiger partial charge in [0.05, 0.1) is 19.3 Å². The van der Waals surface area contributed by atoms with E-state index < -0.39 is 0 Å². The summed E-state index contributed by atoms with van der Waals surface area (Å²) in [6.07, 6.45) is 1.50. The van der Waals surface area contributed by atoms with Gasteiger partial charge in [-0.1, -0.05) is 21.3 Å². The SMILES string of the molecule is C.COCCC(C)C.COCCOC(C)C. The molecule has 0 bridgehead atoms. The van der Waals surface area contributed by atoms with Crippen molar-refractivity contribution in [2.75, 3.05) is 34.0 Å². The van der Waals surface area contributed by atoms with Crippen LogP contribution in [-0.2, 0) is 14.2 Å². The maximum atomic E-state index is 5.16. The quantitative estimate of drug-likeness (QED) is 0.634. The number of hydrogen-bond donors (Lipinski definition) is 0. The smallest absolute Gasteiger partial charge is 0.0703 e. The zero-order valence-electron chi connectivity index (χ0n) is 11.2. The van der Waals surface area contributed by atoms with Crippen LogP contribution in [-0.4, -0.2) is 40.1 Å². The van der Waals surface area contributed by atoms with Gasteiger partial charge in [0.25, 0.3) is 0 Å². The normalized spacial score (nSPS) is 9.75. The molecule has 0 rings (SSSR count). The molecule has 0 fully saturated rings. The predicted molar refractivity (Wildman–Crippen MR) is 71.0 cm³/mol. The van der Waals surface area contributed by atoms with E-state index in [0.717, 1.165) is 12.5 Å². The summed E-state index contributed by atoms with van der Waals surface area (Å²) in [7, 11) is 3.41. The Balaban J connectivity index is -0.000000200. The van der Waals surface area contributed by atoms with Gasteiger partial charge in [-0.05, 0) is 26.2 Å². The van der Waals surface area contributed by atoms with Crippen molar-refractivity contribution in [2.24, 2.45) is 5.92 Å². The lowest BCUT2D eigenvalue weighted by molar-refractivity contribution is 0.0351. The first-order chi connectivity index (χ1) is 7.04. The van der Waals surface area contributed by atoms with Crippen molar-refractivity contribution >= 4 is 0 Å². The predicted octanol–water partition coefficient (Wildman–Crippen LogP) is 3.37. The molecule has 0 atom stereocenters. The number of rotatable bonds is 7. The van der Waals surface area contributed by atoms with Crippen LogP contribution in [0.2, 0.25) is 0 Å². The van der Waals surface area contributed by atoms with Gasteiger partial charge in [-0.25, -0.2) is 0 Å². The van der Waals surface area contributed by atoms with Crippen LogP contribution in [0.1, 0.15) is 41.5 Å². The Bertz CT molecular complexity index is 103. The maximum absolute atomic E-state index is 5.16. The average Bonchev–Trinajstić information content (AvgIpc) is 2.15. The van der Waals surface area contributed by atoms with E-state index in [9.17, 15) is 0 Å². The summed E-state index contributed by atoms with van der Waals surface area (Å²) in [6, 6.07) is 0. The molecule has 0 saturated carbocycles. The van der Waals surface area contributed by atoms with Crippen molar-refractivity contribution in [1.82, 2.24) is 0 Å². The highest BCUT2D eigenvalue weighted by Crippen LogP contribution is 1.96. The Labute approximate surface area is 102 Å². The minimum atomic E-state index is 0. The van der Waals surface area contributed by atoms with Crippen LogP contribution in [0.15, 0.2) is 0 Å². The van der Waals surface area contributed by atoms with Gasteiger partial charge >= 0.3 is 0 Å². The molecule has 0 saturated heterocycles. The molecule has 0 amide bonds. The van der Waals surface area contributed by atoms with Crippen molar-refractivity contribution in [3.8, 4) is 0 Å². The highest BCUT2D eigenvalue weighted by atomic mass is 16.5. The topological polar surface area (TPSA) is 27.7 Å². The molecular weight excluding hydrogens is 204 g/mol. The molecule has 0 heterocycles. The Morgan fingerprint density at radius 3 is 1.56 bits per heavy atom. The molecule has 3 heteroatoms. The van der Waals surface area contributed by atoms with Gasteiger partial charge in [0, 0.05) is 20.8 Å². The van der Waals surface area contributed by atoms with Gasteiger partial charge in [0.2, 0.25) is 0 Å². The molecule has 0 aliphatic rings. The fourth-order valence-corrected chi connectivity index (χ4v) is 0.721. The molecule has 0 spiro atoms. The summed E-state index contributed by atoms with van der Waals surface area (Å²) in [5.41, 5.74) is 0. The molecule has 0 aromatic rings. The van der Waals surface area contributed by atoms with Crippen molar-refractivity contribution in [3.63, 3.8) is 0 Å². The second-order valence-electron chi connectivity index (χ2n) is 4.09. The fraction of sp³-hybridized carbons (Fsp3) is 1.00. The Morgan fingerprint density at radius 1 is 0.812 bits per heavy atom. The minimum Gasteiger partial charge on any atom is -0.385 e. The van der Waals surface area contributed by atoms with E-state index in [1.807, 2.05) is 13.8 Å². The molecule has 0 aromatic carbocycles. The van der Waals surface area contributed by atoms with Crippen LogP contribution in [0.4, 0.5) is 0 Å². The summed E-state index contributed by atoms with van der Waals surface area (Å²) in [4.78, 5) is 0. The lowest BCUT2D eigenvalue weighted by Gasteiger charge is -2.04. The van der Waals surface area contributed by atoms with Gasteiger partial charge in [-0.15, -0.1) is 0 Å². The van der Waals surface area contributed by atoms with E-state index >= 15 is 0 Å². The standard InChI is InChI=1S/C6H14O2.C6H14O.CH4/c1-6(2)8-5-4-7-3;1-6(2)4-5-7-3;/h6H,4-5H2,1-3H3;6H,4-5H2,1-3H3;1H4.